The number of hydrogen-bond acceptors (Lipinski definition) is 6. The fraction of sp³-hybridized carbons (Fsp3) is 0.0556. The summed E-state index contributed by atoms with van der Waals surface area (Å²) in [5.41, 5.74) is 7.19. The average Bonchev–Trinajstić information content (AvgIpc) is 3.66. The summed E-state index contributed by atoms with van der Waals surface area (Å²) in [4.78, 5) is 19.7. The summed E-state index contributed by atoms with van der Waals surface area (Å²) in [6.07, 6.45) is 13.9. The lowest BCUT2D eigenvalue weighted by atomic mass is 10.1. The third kappa shape index (κ3) is 7.90. The molecule has 240 valence electrons. The van der Waals surface area contributed by atoms with Crippen LogP contribution >= 0.6 is 80.0 Å². The topological polar surface area (TPSA) is 120 Å². The molecule has 2 aromatic carbocycles. The van der Waals surface area contributed by atoms with Gasteiger partial charge in [-0.1, -0.05) is 35.3 Å². The molecule has 0 aliphatic carbocycles. The van der Waals surface area contributed by atoms with Gasteiger partial charge in [-0.2, -0.15) is 10.5 Å². The minimum atomic E-state index is 0.516. The zero-order valence-corrected chi connectivity index (χ0v) is 31.8. The van der Waals surface area contributed by atoms with Gasteiger partial charge in [0.05, 0.1) is 55.6 Å². The van der Waals surface area contributed by atoms with Gasteiger partial charge in [0.25, 0.3) is 0 Å². The molecular formula is C36H21Cl3I2N8. The highest BCUT2D eigenvalue weighted by Gasteiger charge is 2.12. The van der Waals surface area contributed by atoms with Gasteiger partial charge in [0.15, 0.2) is 0 Å². The van der Waals surface area contributed by atoms with Crippen LogP contribution in [0.25, 0.3) is 43.6 Å². The molecule has 0 unspecified atom stereocenters. The van der Waals surface area contributed by atoms with E-state index in [-0.39, 0.29) is 0 Å². The number of aromatic amines is 1. The molecule has 0 saturated carbocycles. The lowest BCUT2D eigenvalue weighted by molar-refractivity contribution is 0.834. The molecule has 6 heterocycles. The number of H-pyrrole nitrogens is 1. The molecule has 0 spiro atoms. The number of pyridine rings is 4. The summed E-state index contributed by atoms with van der Waals surface area (Å²) in [7, 11) is 0. The molecule has 0 radical (unpaired) electrons. The minimum Gasteiger partial charge on any atom is -0.359 e. The van der Waals surface area contributed by atoms with E-state index in [1.165, 1.54) is 0 Å². The molecule has 0 fully saturated rings. The van der Waals surface area contributed by atoms with E-state index in [0.717, 1.165) is 61.9 Å². The monoisotopic (exact) mass is 924 g/mol. The van der Waals surface area contributed by atoms with Crippen molar-refractivity contribution in [3.05, 3.63) is 138 Å². The SMILES string of the molecule is ClCc1ccc2ncc(Cl)cc2c1.N#Cc1cncc2[nH]cc(I)c12.N#Cc1cncc2c1c(I)cn2Cc1ccc2ncc(Cl)cc2c1. The molecule has 49 heavy (non-hydrogen) atoms. The van der Waals surface area contributed by atoms with E-state index >= 15 is 0 Å². The molecule has 6 aromatic heterocycles. The van der Waals surface area contributed by atoms with Gasteiger partial charge in [0.2, 0.25) is 0 Å². The first kappa shape index (κ1) is 34.8. The number of aromatic nitrogens is 6. The van der Waals surface area contributed by atoms with E-state index in [9.17, 15) is 5.26 Å². The van der Waals surface area contributed by atoms with Crippen LogP contribution < -0.4 is 0 Å². The Bertz CT molecular complexity index is 2570. The zero-order valence-electron chi connectivity index (χ0n) is 25.2. The van der Waals surface area contributed by atoms with Gasteiger partial charge in [0.1, 0.15) is 12.1 Å². The first-order valence-electron chi connectivity index (χ1n) is 14.5. The summed E-state index contributed by atoms with van der Waals surface area (Å²) in [5.74, 6) is 0.516. The first-order chi connectivity index (χ1) is 23.8. The number of halogens is 5. The Morgan fingerprint density at radius 1 is 0.714 bits per heavy atom. The molecule has 0 saturated heterocycles. The van der Waals surface area contributed by atoms with E-state index in [1.807, 2.05) is 48.8 Å². The summed E-state index contributed by atoms with van der Waals surface area (Å²) < 4.78 is 4.22. The molecule has 0 atom stereocenters. The Morgan fingerprint density at radius 2 is 1.31 bits per heavy atom. The molecule has 0 bridgehead atoms. The first-order valence-corrected chi connectivity index (χ1v) is 17.9. The van der Waals surface area contributed by atoms with Crippen LogP contribution in [-0.2, 0) is 12.4 Å². The fourth-order valence-electron chi connectivity index (χ4n) is 5.22. The number of rotatable bonds is 3. The molecule has 8 rings (SSSR count). The van der Waals surface area contributed by atoms with Crippen LogP contribution in [0.5, 0.6) is 0 Å². The normalized spacial score (nSPS) is 10.7. The van der Waals surface area contributed by atoms with Crippen molar-refractivity contribution < 1.29 is 0 Å². The molecule has 13 heteroatoms. The van der Waals surface area contributed by atoms with E-state index in [0.29, 0.717) is 33.6 Å². The van der Waals surface area contributed by atoms with Gasteiger partial charge in [-0.3, -0.25) is 19.9 Å². The number of alkyl halides is 1. The summed E-state index contributed by atoms with van der Waals surface area (Å²) in [6, 6.07) is 20.2. The third-order valence-electron chi connectivity index (χ3n) is 7.46. The van der Waals surface area contributed by atoms with Crippen LogP contribution in [-0.4, -0.2) is 29.5 Å². The maximum absolute atomic E-state index is 9.28. The highest BCUT2D eigenvalue weighted by Crippen LogP contribution is 2.27. The average molecular weight is 926 g/mol. The molecule has 0 amide bonds. The number of benzene rings is 2. The molecule has 1 N–H and O–H groups in total. The molecule has 0 aliphatic heterocycles. The Kier molecular flexibility index (Phi) is 11.1. The van der Waals surface area contributed by atoms with Crippen molar-refractivity contribution in [3.8, 4) is 12.1 Å². The quantitative estimate of drug-likeness (QED) is 0.139. The van der Waals surface area contributed by atoms with Crippen molar-refractivity contribution in [1.29, 1.82) is 10.5 Å². The smallest absolute Gasteiger partial charge is 0.102 e. The van der Waals surface area contributed by atoms with Crippen LogP contribution in [0.1, 0.15) is 22.3 Å². The molecule has 8 nitrogen and oxygen atoms in total. The second kappa shape index (κ2) is 15.7. The van der Waals surface area contributed by atoms with Crippen LogP contribution in [0.4, 0.5) is 0 Å². The molecule has 0 aliphatic rings. The van der Waals surface area contributed by atoms with Gasteiger partial charge in [0, 0.05) is 78.3 Å². The maximum atomic E-state index is 9.28. The Labute approximate surface area is 323 Å². The van der Waals surface area contributed by atoms with Gasteiger partial charge in [-0.15, -0.1) is 11.6 Å². The molecule has 8 aromatic rings. The standard InChI is InChI=1S/C18H10ClIN4.C10H7Cl2N.C8H4IN3/c19-14-4-12-3-11(1-2-16(12)23-7-14)9-24-10-15(20)18-13(5-21)6-22-8-17(18)24;11-5-7-1-2-10-8(3-7)4-9(12)6-13-10;9-6-3-12-7-4-11-2-5(1-10)8(6)7/h1-4,6-8,10H,9H2;1-4,6H,5H2;2-4,12H. The largest absolute Gasteiger partial charge is 0.359 e. The molecular weight excluding hydrogens is 905 g/mol. The maximum Gasteiger partial charge on any atom is 0.102 e. The van der Waals surface area contributed by atoms with Crippen LogP contribution in [0.15, 0.2) is 98.1 Å². The van der Waals surface area contributed by atoms with Crippen molar-refractivity contribution in [3.63, 3.8) is 0 Å². The van der Waals surface area contributed by atoms with Crippen LogP contribution in [0, 0.1) is 29.8 Å². The Balaban J connectivity index is 0.000000140. The predicted octanol–water partition coefficient (Wildman–Crippen LogP) is 10.4. The fourth-order valence-corrected chi connectivity index (χ4v) is 7.36. The van der Waals surface area contributed by atoms with Gasteiger partial charge in [-0.25, -0.2) is 0 Å². The van der Waals surface area contributed by atoms with E-state index in [4.69, 9.17) is 40.1 Å². The van der Waals surface area contributed by atoms with Crippen molar-refractivity contribution in [1.82, 2.24) is 29.5 Å². The lowest BCUT2D eigenvalue weighted by Gasteiger charge is -2.07. The predicted molar refractivity (Wildman–Crippen MR) is 213 cm³/mol. The second-order valence-corrected chi connectivity index (χ2v) is 14.1. The van der Waals surface area contributed by atoms with Crippen molar-refractivity contribution >= 4 is 124 Å². The highest BCUT2D eigenvalue weighted by atomic mass is 127. The lowest BCUT2D eigenvalue weighted by Crippen LogP contribution is -1.98. The van der Waals surface area contributed by atoms with E-state index < -0.39 is 0 Å². The van der Waals surface area contributed by atoms with Crippen molar-refractivity contribution in [2.24, 2.45) is 0 Å². The Hall–Kier alpha value is -4.05. The summed E-state index contributed by atoms with van der Waals surface area (Å²) in [5, 5.41) is 23.3. The number of hydrogen-bond donors (Lipinski definition) is 1. The van der Waals surface area contributed by atoms with Crippen molar-refractivity contribution in [2.45, 2.75) is 12.4 Å². The van der Waals surface area contributed by atoms with E-state index in [1.54, 1.807) is 37.2 Å². The van der Waals surface area contributed by atoms with Gasteiger partial charge in [-0.05, 0) is 92.7 Å². The summed E-state index contributed by atoms with van der Waals surface area (Å²) >= 11 is 22.0. The van der Waals surface area contributed by atoms with Gasteiger partial charge < -0.3 is 9.55 Å². The highest BCUT2D eigenvalue weighted by molar-refractivity contribution is 14.1. The van der Waals surface area contributed by atoms with Gasteiger partial charge >= 0.3 is 0 Å². The van der Waals surface area contributed by atoms with E-state index in [2.05, 4.69) is 98.9 Å². The van der Waals surface area contributed by atoms with Crippen molar-refractivity contribution in [2.75, 3.05) is 0 Å². The number of fused-ring (bicyclic) bond motifs is 4. The number of nitrogens with zero attached hydrogens (tertiary/aromatic N) is 7. The summed E-state index contributed by atoms with van der Waals surface area (Å²) in [6.45, 7) is 0.693. The van der Waals surface area contributed by atoms with Crippen LogP contribution in [0.2, 0.25) is 10.0 Å². The zero-order chi connectivity index (χ0) is 34.5. The second-order valence-electron chi connectivity index (χ2n) is 10.7. The van der Waals surface area contributed by atoms with Crippen LogP contribution in [0.3, 0.4) is 0 Å². The Morgan fingerprint density at radius 3 is 1.94 bits per heavy atom. The minimum absolute atomic E-state index is 0.516. The number of nitriles is 2. The third-order valence-corrected chi connectivity index (χ3v) is 9.85. The number of nitrogens with one attached hydrogen (secondary N) is 1.